The van der Waals surface area contributed by atoms with E-state index in [9.17, 15) is 14.7 Å². The number of aliphatic hydroxyl groups excluding tert-OH is 1. The lowest BCUT2D eigenvalue weighted by Gasteiger charge is -2.07. The first-order valence-corrected chi connectivity index (χ1v) is 8.31. The molecule has 0 aromatic carbocycles. The minimum absolute atomic E-state index is 0.165. The van der Waals surface area contributed by atoms with Gasteiger partial charge in [0, 0.05) is 53.3 Å². The van der Waals surface area contributed by atoms with E-state index in [1.165, 1.54) is 6.08 Å². The molecule has 0 aliphatic heterocycles. The molecule has 3 aromatic heterocycles. The van der Waals surface area contributed by atoms with Crippen LogP contribution >= 0.6 is 0 Å². The zero-order valence-corrected chi connectivity index (χ0v) is 14.6. The Labute approximate surface area is 155 Å². The Morgan fingerprint density at radius 3 is 2.74 bits per heavy atom. The molecule has 3 rings (SSSR count). The maximum Gasteiger partial charge on any atom is 0.269 e. The van der Waals surface area contributed by atoms with Crippen LogP contribution in [0.25, 0.3) is 28.2 Å². The van der Waals surface area contributed by atoms with Gasteiger partial charge in [0.25, 0.3) is 5.91 Å². The van der Waals surface area contributed by atoms with Gasteiger partial charge in [0.15, 0.2) is 0 Å². The first-order valence-electron chi connectivity index (χ1n) is 8.31. The molecule has 5 N–H and O–H groups in total. The minimum Gasteiger partial charge on any atom is -0.392 e. The Kier molecular flexibility index (Phi) is 5.28. The van der Waals surface area contributed by atoms with Crippen LogP contribution in [0.3, 0.4) is 0 Å². The highest BCUT2D eigenvalue weighted by Gasteiger charge is 2.10. The van der Waals surface area contributed by atoms with E-state index >= 15 is 0 Å². The zero-order chi connectivity index (χ0) is 19.4. The predicted molar refractivity (Wildman–Crippen MR) is 102 cm³/mol. The van der Waals surface area contributed by atoms with Crippen molar-refractivity contribution in [3.63, 3.8) is 0 Å². The Balaban J connectivity index is 1.85. The van der Waals surface area contributed by atoms with Gasteiger partial charge in [-0.05, 0) is 25.1 Å². The fourth-order valence-corrected chi connectivity index (χ4v) is 2.52. The van der Waals surface area contributed by atoms with Crippen LogP contribution in [0.15, 0.2) is 42.9 Å². The second-order valence-corrected chi connectivity index (χ2v) is 6.09. The van der Waals surface area contributed by atoms with Crippen molar-refractivity contribution in [2.45, 2.75) is 13.0 Å². The topological polar surface area (TPSA) is 134 Å². The van der Waals surface area contributed by atoms with E-state index < -0.39 is 12.0 Å². The molecular formula is C19H19N5O3. The quantitative estimate of drug-likeness (QED) is 0.488. The van der Waals surface area contributed by atoms with Gasteiger partial charge in [-0.25, -0.2) is 4.98 Å². The van der Waals surface area contributed by atoms with E-state index in [0.29, 0.717) is 5.65 Å². The SMILES string of the molecule is C[C@H](O)CNC(=O)c1ccc(-c2cnc3[nH]cc(/C=C/C(N)=O)c3c2)cn1. The molecule has 0 radical (unpaired) electrons. The number of aliphatic hydroxyl groups is 1. The van der Waals surface area contributed by atoms with Gasteiger partial charge in [0.05, 0.1) is 6.10 Å². The van der Waals surface area contributed by atoms with Gasteiger partial charge in [-0.15, -0.1) is 0 Å². The summed E-state index contributed by atoms with van der Waals surface area (Å²) in [5, 5.41) is 12.7. The maximum absolute atomic E-state index is 12.0. The average molecular weight is 365 g/mol. The lowest BCUT2D eigenvalue weighted by Crippen LogP contribution is -2.31. The number of aromatic amines is 1. The normalized spacial score (nSPS) is 12.4. The molecule has 0 aliphatic rings. The second kappa shape index (κ2) is 7.79. The largest absolute Gasteiger partial charge is 0.392 e. The summed E-state index contributed by atoms with van der Waals surface area (Å²) < 4.78 is 0. The Bertz CT molecular complexity index is 1010. The Morgan fingerprint density at radius 2 is 2.07 bits per heavy atom. The second-order valence-electron chi connectivity index (χ2n) is 6.09. The van der Waals surface area contributed by atoms with Crippen molar-refractivity contribution in [3.8, 4) is 11.1 Å². The smallest absolute Gasteiger partial charge is 0.269 e. The molecule has 27 heavy (non-hydrogen) atoms. The van der Waals surface area contributed by atoms with E-state index in [-0.39, 0.29) is 18.1 Å². The molecule has 0 spiro atoms. The van der Waals surface area contributed by atoms with Crippen LogP contribution < -0.4 is 11.1 Å². The van der Waals surface area contributed by atoms with Gasteiger partial charge < -0.3 is 21.1 Å². The average Bonchev–Trinajstić information content (AvgIpc) is 3.06. The standard InChI is InChI=1S/C19H19N5O3/c1-11(25)7-24-19(27)16-4-2-12(8-21-16)14-6-15-13(3-5-17(20)26)9-22-18(15)23-10-14/h2-6,8-11,25H,7H2,1H3,(H2,20,26)(H,22,23)(H,24,27)/b5-3+/t11-/m0/s1. The predicted octanol–water partition coefficient (Wildman–Crippen LogP) is 1.23. The van der Waals surface area contributed by atoms with Crippen LogP contribution in [0.1, 0.15) is 23.0 Å². The molecule has 0 saturated heterocycles. The number of primary amides is 1. The first kappa shape index (κ1) is 18.3. The lowest BCUT2D eigenvalue weighted by molar-refractivity contribution is -0.113. The van der Waals surface area contributed by atoms with Crippen molar-refractivity contribution in [3.05, 3.63) is 54.1 Å². The molecule has 0 fully saturated rings. The van der Waals surface area contributed by atoms with Crippen molar-refractivity contribution >= 4 is 28.9 Å². The van der Waals surface area contributed by atoms with Crippen LogP contribution in [-0.4, -0.2) is 44.5 Å². The third-order valence-corrected chi connectivity index (χ3v) is 3.88. The molecular weight excluding hydrogens is 346 g/mol. The number of rotatable bonds is 6. The van der Waals surface area contributed by atoms with Gasteiger partial charge in [-0.2, -0.15) is 0 Å². The lowest BCUT2D eigenvalue weighted by atomic mass is 10.1. The molecule has 8 heteroatoms. The monoisotopic (exact) mass is 365 g/mol. The summed E-state index contributed by atoms with van der Waals surface area (Å²) in [6.45, 7) is 1.76. The van der Waals surface area contributed by atoms with Gasteiger partial charge >= 0.3 is 0 Å². The first-order chi connectivity index (χ1) is 12.9. The number of pyridine rings is 2. The number of carbonyl (C=O) groups excluding carboxylic acids is 2. The fourth-order valence-electron chi connectivity index (χ4n) is 2.52. The fraction of sp³-hybridized carbons (Fsp3) is 0.158. The number of nitrogens with zero attached hydrogens (tertiary/aromatic N) is 2. The van der Waals surface area contributed by atoms with Crippen molar-refractivity contribution in [2.75, 3.05) is 6.54 Å². The summed E-state index contributed by atoms with van der Waals surface area (Å²) in [7, 11) is 0. The molecule has 0 aliphatic carbocycles. The number of H-pyrrole nitrogens is 1. The number of hydrogen-bond donors (Lipinski definition) is 4. The number of aromatic nitrogens is 3. The highest BCUT2D eigenvalue weighted by atomic mass is 16.3. The number of fused-ring (bicyclic) bond motifs is 1. The summed E-state index contributed by atoms with van der Waals surface area (Å²) in [5.41, 5.74) is 8.50. The van der Waals surface area contributed by atoms with E-state index in [1.54, 1.807) is 43.7 Å². The molecule has 0 saturated carbocycles. The van der Waals surface area contributed by atoms with Crippen molar-refractivity contribution in [1.29, 1.82) is 0 Å². The van der Waals surface area contributed by atoms with Crippen LogP contribution in [0.5, 0.6) is 0 Å². The van der Waals surface area contributed by atoms with Gasteiger partial charge in [-0.3, -0.25) is 14.6 Å². The van der Waals surface area contributed by atoms with Crippen LogP contribution in [0, 0.1) is 0 Å². The number of hydrogen-bond acceptors (Lipinski definition) is 5. The summed E-state index contributed by atoms with van der Waals surface area (Å²) in [4.78, 5) is 34.5. The van der Waals surface area contributed by atoms with E-state index in [0.717, 1.165) is 22.1 Å². The Hall–Kier alpha value is -3.52. The molecule has 2 amide bonds. The third kappa shape index (κ3) is 4.36. The molecule has 3 heterocycles. The highest BCUT2D eigenvalue weighted by molar-refractivity contribution is 5.96. The molecule has 0 unspecified atom stereocenters. The number of amides is 2. The number of nitrogens with one attached hydrogen (secondary N) is 2. The van der Waals surface area contributed by atoms with Crippen molar-refractivity contribution in [2.24, 2.45) is 5.73 Å². The van der Waals surface area contributed by atoms with Gasteiger partial charge in [0.1, 0.15) is 11.3 Å². The summed E-state index contributed by atoms with van der Waals surface area (Å²) in [6.07, 6.45) is 7.33. The van der Waals surface area contributed by atoms with Crippen LogP contribution in [0.2, 0.25) is 0 Å². The molecule has 0 bridgehead atoms. The maximum atomic E-state index is 12.0. The summed E-state index contributed by atoms with van der Waals surface area (Å²) in [6, 6.07) is 5.31. The third-order valence-electron chi connectivity index (χ3n) is 3.88. The van der Waals surface area contributed by atoms with E-state index in [1.807, 2.05) is 6.07 Å². The number of nitrogens with two attached hydrogens (primary N) is 1. The van der Waals surface area contributed by atoms with Crippen LogP contribution in [-0.2, 0) is 4.79 Å². The summed E-state index contributed by atoms with van der Waals surface area (Å²) >= 11 is 0. The zero-order valence-electron chi connectivity index (χ0n) is 14.6. The molecule has 1 atom stereocenters. The van der Waals surface area contributed by atoms with Gasteiger partial charge in [-0.1, -0.05) is 6.07 Å². The minimum atomic E-state index is -0.620. The molecule has 3 aromatic rings. The number of carbonyl (C=O) groups is 2. The van der Waals surface area contributed by atoms with Crippen molar-refractivity contribution in [1.82, 2.24) is 20.3 Å². The van der Waals surface area contributed by atoms with Crippen LogP contribution in [0.4, 0.5) is 0 Å². The highest BCUT2D eigenvalue weighted by Crippen LogP contribution is 2.25. The van der Waals surface area contributed by atoms with E-state index in [4.69, 9.17) is 5.73 Å². The van der Waals surface area contributed by atoms with Gasteiger partial charge in [0.2, 0.25) is 5.91 Å². The van der Waals surface area contributed by atoms with Crippen molar-refractivity contribution < 1.29 is 14.7 Å². The molecule has 8 nitrogen and oxygen atoms in total. The Morgan fingerprint density at radius 1 is 1.30 bits per heavy atom. The molecule has 138 valence electrons. The van der Waals surface area contributed by atoms with E-state index in [2.05, 4.69) is 20.3 Å². The summed E-state index contributed by atoms with van der Waals surface area (Å²) in [5.74, 6) is -0.873.